The van der Waals surface area contributed by atoms with Crippen molar-refractivity contribution in [3.05, 3.63) is 82.5 Å². The Morgan fingerprint density at radius 2 is 1.74 bits per heavy atom. The number of rotatable bonds is 6. The quantitative estimate of drug-likeness (QED) is 0.505. The van der Waals surface area contributed by atoms with Gasteiger partial charge in [0.1, 0.15) is 11.5 Å². The lowest BCUT2D eigenvalue weighted by Crippen LogP contribution is -2.19. The van der Waals surface area contributed by atoms with Crippen molar-refractivity contribution >= 4 is 28.7 Å². The number of aryl methyl sites for hydroxylation is 3. The van der Waals surface area contributed by atoms with Crippen LogP contribution < -0.4 is 21.5 Å². The lowest BCUT2D eigenvalue weighted by molar-refractivity contribution is -0.111. The van der Waals surface area contributed by atoms with E-state index in [1.54, 1.807) is 38.5 Å². The number of pyridine rings is 1. The molecule has 0 aliphatic heterocycles. The summed E-state index contributed by atoms with van der Waals surface area (Å²) in [5.41, 5.74) is 5.17. The van der Waals surface area contributed by atoms with E-state index in [2.05, 4.69) is 22.5 Å². The average molecular weight is 420 g/mol. The number of anilines is 4. The number of hydrogen-bond acceptors (Lipinski definition) is 4. The van der Waals surface area contributed by atoms with E-state index >= 15 is 0 Å². The molecule has 0 radical (unpaired) electrons. The summed E-state index contributed by atoms with van der Waals surface area (Å²) in [6.45, 7) is 7.17. The van der Waals surface area contributed by atoms with Crippen LogP contribution in [0.4, 0.5) is 27.1 Å². The van der Waals surface area contributed by atoms with Gasteiger partial charge in [0.2, 0.25) is 5.91 Å². The van der Waals surface area contributed by atoms with Crippen LogP contribution in [-0.4, -0.2) is 17.5 Å². The molecule has 3 rings (SSSR count). The van der Waals surface area contributed by atoms with E-state index in [0.717, 1.165) is 16.8 Å². The van der Waals surface area contributed by atoms with Crippen LogP contribution in [0.3, 0.4) is 0 Å². The molecule has 31 heavy (non-hydrogen) atoms. The molecule has 0 aliphatic carbocycles. The van der Waals surface area contributed by atoms with Crippen molar-refractivity contribution in [3.8, 4) is 11.1 Å². The average Bonchev–Trinajstić information content (AvgIpc) is 2.72. The number of carbonyl (C=O) groups is 1. The second-order valence-corrected chi connectivity index (χ2v) is 7.27. The third-order valence-corrected chi connectivity index (χ3v) is 5.01. The molecule has 0 spiro atoms. The van der Waals surface area contributed by atoms with Crippen LogP contribution in [0.5, 0.6) is 0 Å². The van der Waals surface area contributed by atoms with Gasteiger partial charge in [0.05, 0.1) is 5.69 Å². The molecule has 160 valence electrons. The Morgan fingerprint density at radius 3 is 2.35 bits per heavy atom. The van der Waals surface area contributed by atoms with Crippen molar-refractivity contribution in [2.24, 2.45) is 7.05 Å². The normalized spacial score (nSPS) is 10.5. The van der Waals surface area contributed by atoms with E-state index in [4.69, 9.17) is 0 Å². The highest BCUT2D eigenvalue weighted by Crippen LogP contribution is 2.38. The predicted molar refractivity (Wildman–Crippen MR) is 125 cm³/mol. The molecular formula is C24H25FN4O2. The molecule has 3 aromatic rings. The van der Waals surface area contributed by atoms with E-state index in [1.807, 2.05) is 19.9 Å². The molecule has 0 unspecified atom stereocenters. The highest BCUT2D eigenvalue weighted by Gasteiger charge is 2.16. The van der Waals surface area contributed by atoms with Crippen LogP contribution in [0.25, 0.3) is 11.1 Å². The minimum Gasteiger partial charge on any atom is -0.384 e. The highest BCUT2D eigenvalue weighted by molar-refractivity contribution is 6.04. The lowest BCUT2D eigenvalue weighted by Gasteiger charge is -2.20. The Balaban J connectivity index is 2.25. The third-order valence-electron chi connectivity index (χ3n) is 5.01. The van der Waals surface area contributed by atoms with Gasteiger partial charge >= 0.3 is 0 Å². The molecule has 0 saturated carbocycles. The smallest absolute Gasteiger partial charge is 0.273 e. The van der Waals surface area contributed by atoms with Crippen LogP contribution in [0, 0.1) is 19.7 Å². The third kappa shape index (κ3) is 4.50. The fourth-order valence-corrected chi connectivity index (χ4v) is 3.53. The summed E-state index contributed by atoms with van der Waals surface area (Å²) in [6.07, 6.45) is 2.90. The number of nitrogens with zero attached hydrogens (tertiary/aromatic N) is 1. The van der Waals surface area contributed by atoms with Gasteiger partial charge in [-0.05, 0) is 61.4 Å². The Bertz CT molecular complexity index is 1210. The molecule has 7 heteroatoms. The maximum Gasteiger partial charge on any atom is 0.273 e. The van der Waals surface area contributed by atoms with Crippen molar-refractivity contribution < 1.29 is 9.18 Å². The molecule has 6 nitrogen and oxygen atoms in total. The van der Waals surface area contributed by atoms with E-state index in [-0.39, 0.29) is 17.3 Å². The van der Waals surface area contributed by atoms with Crippen molar-refractivity contribution in [2.45, 2.75) is 13.8 Å². The number of halogens is 1. The summed E-state index contributed by atoms with van der Waals surface area (Å²) in [5, 5.41) is 9.13. The fourth-order valence-electron chi connectivity index (χ4n) is 3.53. The number of hydrogen-bond donors (Lipinski definition) is 3. The Hall–Kier alpha value is -3.87. The van der Waals surface area contributed by atoms with Gasteiger partial charge in [-0.15, -0.1) is 0 Å². The van der Waals surface area contributed by atoms with Crippen LogP contribution in [0.15, 0.2) is 60.0 Å². The summed E-state index contributed by atoms with van der Waals surface area (Å²) in [6, 6.07) is 10.1. The van der Waals surface area contributed by atoms with Crippen molar-refractivity contribution in [1.29, 1.82) is 0 Å². The molecule has 1 amide bonds. The maximum atomic E-state index is 13.8. The number of carbonyl (C=O) groups excluding carboxylic acids is 1. The van der Waals surface area contributed by atoms with Gasteiger partial charge < -0.3 is 20.5 Å². The fraction of sp³-hybridized carbons (Fsp3) is 0.167. The van der Waals surface area contributed by atoms with E-state index in [0.29, 0.717) is 28.2 Å². The standard InChI is InChI=1S/C24H25FN4O2/c1-6-21(30)27-18-8-7-9-19(28-23-14(2)10-17(25)11-15(23)3)22(18)16-12-20(26-4)24(31)29(5)13-16/h6-13,26,28H,1H2,2-5H3,(H,27,30). The molecule has 1 aromatic heterocycles. The monoisotopic (exact) mass is 420 g/mol. The first-order valence-electron chi connectivity index (χ1n) is 9.74. The second-order valence-electron chi connectivity index (χ2n) is 7.27. The van der Waals surface area contributed by atoms with E-state index < -0.39 is 0 Å². The van der Waals surface area contributed by atoms with Crippen molar-refractivity contribution in [3.63, 3.8) is 0 Å². The highest BCUT2D eigenvalue weighted by atomic mass is 19.1. The van der Waals surface area contributed by atoms with Gasteiger partial charge in [0.15, 0.2) is 0 Å². The summed E-state index contributed by atoms with van der Waals surface area (Å²) in [4.78, 5) is 24.4. The second kappa shape index (κ2) is 8.87. The number of benzene rings is 2. The zero-order valence-corrected chi connectivity index (χ0v) is 18.0. The predicted octanol–water partition coefficient (Wildman–Crippen LogP) is 4.72. The minimum atomic E-state index is -0.355. The molecule has 3 N–H and O–H groups in total. The van der Waals surface area contributed by atoms with Gasteiger partial charge in [-0.25, -0.2) is 4.39 Å². The topological polar surface area (TPSA) is 75.2 Å². The van der Waals surface area contributed by atoms with Gasteiger partial charge in [-0.3, -0.25) is 9.59 Å². The molecule has 2 aromatic carbocycles. The van der Waals surface area contributed by atoms with Crippen LogP contribution in [-0.2, 0) is 11.8 Å². The SMILES string of the molecule is C=CC(=O)Nc1cccc(Nc2c(C)cc(F)cc2C)c1-c1cc(NC)c(=O)n(C)c1. The summed E-state index contributed by atoms with van der Waals surface area (Å²) in [5.74, 6) is -0.657. The van der Waals surface area contributed by atoms with Crippen LogP contribution in [0.2, 0.25) is 0 Å². The molecule has 1 heterocycles. The van der Waals surface area contributed by atoms with E-state index in [1.165, 1.54) is 22.8 Å². The van der Waals surface area contributed by atoms with Crippen LogP contribution >= 0.6 is 0 Å². The molecule has 0 saturated heterocycles. The summed E-state index contributed by atoms with van der Waals surface area (Å²) >= 11 is 0. The Labute approximate surface area is 180 Å². The largest absolute Gasteiger partial charge is 0.384 e. The molecule has 0 aliphatic rings. The summed E-state index contributed by atoms with van der Waals surface area (Å²) < 4.78 is 15.3. The lowest BCUT2D eigenvalue weighted by atomic mass is 10.0. The number of aromatic nitrogens is 1. The van der Waals surface area contributed by atoms with Gasteiger partial charge in [-0.2, -0.15) is 0 Å². The first kappa shape index (κ1) is 21.8. The van der Waals surface area contributed by atoms with Crippen molar-refractivity contribution in [1.82, 2.24) is 4.57 Å². The molecule has 0 fully saturated rings. The Kier molecular flexibility index (Phi) is 6.25. The minimum absolute atomic E-state index is 0.168. The maximum absolute atomic E-state index is 13.8. The van der Waals surface area contributed by atoms with Gasteiger partial charge in [-0.1, -0.05) is 12.6 Å². The van der Waals surface area contributed by atoms with Gasteiger partial charge in [0.25, 0.3) is 5.56 Å². The molecule has 0 bridgehead atoms. The zero-order valence-electron chi connectivity index (χ0n) is 18.0. The first-order valence-corrected chi connectivity index (χ1v) is 9.74. The first-order chi connectivity index (χ1) is 14.7. The molecular weight excluding hydrogens is 395 g/mol. The van der Waals surface area contributed by atoms with E-state index in [9.17, 15) is 14.0 Å². The zero-order chi connectivity index (χ0) is 22.7. The molecule has 0 atom stereocenters. The summed E-state index contributed by atoms with van der Waals surface area (Å²) in [7, 11) is 3.34. The number of nitrogens with one attached hydrogen (secondary N) is 3. The van der Waals surface area contributed by atoms with Gasteiger partial charge in [0, 0.05) is 42.8 Å². The number of amides is 1. The van der Waals surface area contributed by atoms with Crippen LogP contribution in [0.1, 0.15) is 11.1 Å². The Morgan fingerprint density at radius 1 is 1.10 bits per heavy atom. The van der Waals surface area contributed by atoms with Crippen molar-refractivity contribution in [2.75, 3.05) is 23.0 Å².